The van der Waals surface area contributed by atoms with Crippen LogP contribution in [-0.2, 0) is 9.59 Å². The van der Waals surface area contributed by atoms with E-state index >= 15 is 0 Å². The van der Waals surface area contributed by atoms with E-state index in [-0.39, 0.29) is 0 Å². The van der Waals surface area contributed by atoms with Crippen LogP contribution in [0.25, 0.3) is 22.3 Å². The number of aryl methyl sites for hydroxylation is 1. The monoisotopic (exact) mass is 384 g/mol. The number of hydrogen-bond donors (Lipinski definition) is 0. The summed E-state index contributed by atoms with van der Waals surface area (Å²) in [5, 5.41) is 0. The predicted octanol–water partition coefficient (Wildman–Crippen LogP) is 5.51. The van der Waals surface area contributed by atoms with Gasteiger partial charge in [0.05, 0.1) is 0 Å². The molecular formula is C25H20O4. The molecule has 29 heavy (non-hydrogen) atoms. The molecule has 0 radical (unpaired) electrons. The highest BCUT2D eigenvalue weighted by Crippen LogP contribution is 2.30. The first-order valence-electron chi connectivity index (χ1n) is 9.00. The van der Waals surface area contributed by atoms with Gasteiger partial charge >= 0.3 is 11.9 Å². The Morgan fingerprint density at radius 2 is 1.14 bits per heavy atom. The van der Waals surface area contributed by atoms with Crippen LogP contribution < -0.4 is 9.47 Å². The third-order valence-corrected chi connectivity index (χ3v) is 4.35. The summed E-state index contributed by atoms with van der Waals surface area (Å²) in [6, 6.07) is 20.9. The number of rotatable bonds is 6. The molecule has 0 aromatic heterocycles. The lowest BCUT2D eigenvalue weighted by Crippen LogP contribution is -2.02. The maximum atomic E-state index is 11.3. The molecular weight excluding hydrogens is 364 g/mol. The van der Waals surface area contributed by atoms with Gasteiger partial charge in [0, 0.05) is 12.2 Å². The first-order chi connectivity index (χ1) is 14.0. The molecule has 0 heterocycles. The molecule has 0 aliphatic carbocycles. The van der Waals surface area contributed by atoms with Gasteiger partial charge in [-0.05, 0) is 59.0 Å². The van der Waals surface area contributed by atoms with Crippen LogP contribution in [0.5, 0.6) is 11.5 Å². The van der Waals surface area contributed by atoms with Crippen LogP contribution in [0.4, 0.5) is 0 Å². The van der Waals surface area contributed by atoms with Crippen molar-refractivity contribution in [2.24, 2.45) is 0 Å². The molecule has 3 aromatic carbocycles. The Balaban J connectivity index is 1.79. The average molecular weight is 384 g/mol. The zero-order valence-electron chi connectivity index (χ0n) is 16.1. The van der Waals surface area contributed by atoms with Crippen LogP contribution in [0.2, 0.25) is 0 Å². The molecule has 4 heteroatoms. The standard InChI is InChI=1S/C25H20O4/c1-4-24(26)28-21-11-6-18(7-12-21)20-10-15-23(17(3)16-20)19-8-13-22(14-9-19)29-25(27)5-2/h4-16H,1-2H2,3H3. The zero-order chi connectivity index (χ0) is 20.8. The topological polar surface area (TPSA) is 52.6 Å². The van der Waals surface area contributed by atoms with E-state index in [0.29, 0.717) is 11.5 Å². The molecule has 0 unspecified atom stereocenters. The Morgan fingerprint density at radius 1 is 0.690 bits per heavy atom. The quantitative estimate of drug-likeness (QED) is 0.319. The molecule has 4 nitrogen and oxygen atoms in total. The minimum absolute atomic E-state index is 0.476. The first-order valence-corrected chi connectivity index (χ1v) is 9.00. The van der Waals surface area contributed by atoms with Crippen molar-refractivity contribution in [2.45, 2.75) is 6.92 Å². The lowest BCUT2D eigenvalue weighted by Gasteiger charge is -2.10. The highest BCUT2D eigenvalue weighted by molar-refractivity contribution is 5.84. The van der Waals surface area contributed by atoms with Gasteiger partial charge in [0.15, 0.2) is 0 Å². The summed E-state index contributed by atoms with van der Waals surface area (Å²) in [5.74, 6) is -0.0128. The lowest BCUT2D eigenvalue weighted by molar-refractivity contribution is -0.129. The molecule has 0 spiro atoms. The Hall–Kier alpha value is -3.92. The van der Waals surface area contributed by atoms with Gasteiger partial charge in [-0.1, -0.05) is 55.6 Å². The van der Waals surface area contributed by atoms with Gasteiger partial charge in [-0.25, -0.2) is 9.59 Å². The molecule has 0 amide bonds. The second kappa shape index (κ2) is 8.85. The van der Waals surface area contributed by atoms with E-state index in [2.05, 4.69) is 25.3 Å². The lowest BCUT2D eigenvalue weighted by atomic mass is 9.96. The van der Waals surface area contributed by atoms with Crippen molar-refractivity contribution in [3.05, 3.63) is 97.6 Å². The van der Waals surface area contributed by atoms with Crippen LogP contribution in [0.15, 0.2) is 92.0 Å². The van der Waals surface area contributed by atoms with E-state index in [0.717, 1.165) is 40.0 Å². The Morgan fingerprint density at radius 3 is 1.59 bits per heavy atom. The molecule has 0 bridgehead atoms. The van der Waals surface area contributed by atoms with Crippen molar-refractivity contribution in [2.75, 3.05) is 0 Å². The van der Waals surface area contributed by atoms with Gasteiger partial charge in [0.2, 0.25) is 0 Å². The normalized spacial score (nSPS) is 10.1. The number of ether oxygens (including phenoxy) is 2. The van der Waals surface area contributed by atoms with Crippen molar-refractivity contribution in [1.29, 1.82) is 0 Å². The summed E-state index contributed by atoms with van der Waals surface area (Å²) in [7, 11) is 0. The largest absolute Gasteiger partial charge is 0.423 e. The fraction of sp³-hybridized carbons (Fsp3) is 0.0400. The molecule has 144 valence electrons. The van der Waals surface area contributed by atoms with E-state index in [1.165, 1.54) is 0 Å². The van der Waals surface area contributed by atoms with E-state index in [4.69, 9.17) is 9.47 Å². The third kappa shape index (κ3) is 4.87. The predicted molar refractivity (Wildman–Crippen MR) is 114 cm³/mol. The molecule has 0 aliphatic heterocycles. The minimum atomic E-state index is -0.483. The molecule has 0 N–H and O–H groups in total. The maximum absolute atomic E-state index is 11.3. The molecule has 0 aliphatic rings. The summed E-state index contributed by atoms with van der Waals surface area (Å²) in [6.45, 7) is 8.82. The summed E-state index contributed by atoms with van der Waals surface area (Å²) >= 11 is 0. The SMILES string of the molecule is C=CC(=O)Oc1ccc(-c2ccc(-c3ccc(OC(=O)C=C)cc3)c(C)c2)cc1. The van der Waals surface area contributed by atoms with Gasteiger partial charge < -0.3 is 9.47 Å². The molecule has 0 saturated carbocycles. The molecule has 3 rings (SSSR count). The van der Waals surface area contributed by atoms with Crippen LogP contribution >= 0.6 is 0 Å². The van der Waals surface area contributed by atoms with Gasteiger partial charge in [0.1, 0.15) is 11.5 Å². The van der Waals surface area contributed by atoms with Crippen LogP contribution in [0.3, 0.4) is 0 Å². The first kappa shape index (κ1) is 19.8. The van der Waals surface area contributed by atoms with Crippen molar-refractivity contribution in [3.8, 4) is 33.8 Å². The van der Waals surface area contributed by atoms with Crippen LogP contribution in [-0.4, -0.2) is 11.9 Å². The van der Waals surface area contributed by atoms with Crippen molar-refractivity contribution >= 4 is 11.9 Å². The smallest absolute Gasteiger partial charge is 0.335 e. The van der Waals surface area contributed by atoms with Gasteiger partial charge in [-0.3, -0.25) is 0 Å². The summed E-state index contributed by atoms with van der Waals surface area (Å²) in [5.41, 5.74) is 5.31. The second-order valence-electron chi connectivity index (χ2n) is 6.33. The number of benzene rings is 3. The fourth-order valence-corrected chi connectivity index (χ4v) is 2.90. The maximum Gasteiger partial charge on any atom is 0.335 e. The van der Waals surface area contributed by atoms with Crippen molar-refractivity contribution in [1.82, 2.24) is 0 Å². The molecule has 0 saturated heterocycles. The second-order valence-corrected chi connectivity index (χ2v) is 6.33. The summed E-state index contributed by atoms with van der Waals surface area (Å²) < 4.78 is 10.2. The van der Waals surface area contributed by atoms with E-state index in [1.54, 1.807) is 24.3 Å². The van der Waals surface area contributed by atoms with Crippen molar-refractivity contribution < 1.29 is 19.1 Å². The zero-order valence-corrected chi connectivity index (χ0v) is 16.1. The number of carbonyl (C=O) groups is 2. The van der Waals surface area contributed by atoms with E-state index in [9.17, 15) is 9.59 Å². The number of hydrogen-bond acceptors (Lipinski definition) is 4. The molecule has 0 fully saturated rings. The highest BCUT2D eigenvalue weighted by Gasteiger charge is 2.07. The highest BCUT2D eigenvalue weighted by atomic mass is 16.5. The molecule has 3 aromatic rings. The summed E-state index contributed by atoms with van der Waals surface area (Å²) in [4.78, 5) is 22.6. The Bertz CT molecular complexity index is 1060. The molecule has 0 atom stereocenters. The van der Waals surface area contributed by atoms with Crippen molar-refractivity contribution in [3.63, 3.8) is 0 Å². The number of esters is 2. The van der Waals surface area contributed by atoms with Crippen LogP contribution in [0.1, 0.15) is 5.56 Å². The van der Waals surface area contributed by atoms with E-state index in [1.807, 2.05) is 37.3 Å². The Kier molecular flexibility index (Phi) is 6.05. The number of carbonyl (C=O) groups excluding carboxylic acids is 2. The third-order valence-electron chi connectivity index (χ3n) is 4.35. The average Bonchev–Trinajstić information content (AvgIpc) is 2.74. The minimum Gasteiger partial charge on any atom is -0.423 e. The van der Waals surface area contributed by atoms with Gasteiger partial charge in [0.25, 0.3) is 0 Å². The van der Waals surface area contributed by atoms with Gasteiger partial charge in [-0.2, -0.15) is 0 Å². The summed E-state index contributed by atoms with van der Waals surface area (Å²) in [6.07, 6.45) is 2.26. The van der Waals surface area contributed by atoms with Crippen LogP contribution in [0, 0.1) is 6.92 Å². The fourth-order valence-electron chi connectivity index (χ4n) is 2.90. The van der Waals surface area contributed by atoms with Gasteiger partial charge in [-0.15, -0.1) is 0 Å². The van der Waals surface area contributed by atoms with E-state index < -0.39 is 11.9 Å². The Labute approximate surface area is 169 Å².